The Bertz CT molecular complexity index is 1420. The minimum absolute atomic E-state index is 0.0628. The molecular formula is C28H32ClN5O2. The molecule has 0 unspecified atom stereocenters. The standard InChI is InChI=1S/C28H32ClN5O2/c1-17-7-10-20(11-8-17)30-26(36)31-23-13-18(28(5,6)16-27(2,3)4)14-24(25(23)35)34-32-21-12-9-19(29)15-22(21)33-34/h7-15,35H,16H2,1-6H3,(H2,30,31,36). The number of halogens is 1. The summed E-state index contributed by atoms with van der Waals surface area (Å²) in [5.41, 5.74) is 4.37. The highest BCUT2D eigenvalue weighted by Gasteiger charge is 2.30. The molecule has 0 saturated carbocycles. The van der Waals surface area contributed by atoms with Gasteiger partial charge in [-0.05, 0) is 72.2 Å². The molecule has 7 nitrogen and oxygen atoms in total. The Morgan fingerprint density at radius 2 is 1.61 bits per heavy atom. The number of nitrogens with one attached hydrogen (secondary N) is 2. The molecule has 1 heterocycles. The molecule has 0 bridgehead atoms. The third-order valence-electron chi connectivity index (χ3n) is 5.96. The largest absolute Gasteiger partial charge is 0.504 e. The van der Waals surface area contributed by atoms with Crippen LogP contribution in [0.5, 0.6) is 5.75 Å². The van der Waals surface area contributed by atoms with Gasteiger partial charge >= 0.3 is 6.03 Å². The summed E-state index contributed by atoms with van der Waals surface area (Å²) >= 11 is 6.13. The van der Waals surface area contributed by atoms with Crippen LogP contribution in [0.1, 0.15) is 52.2 Å². The van der Waals surface area contributed by atoms with Gasteiger partial charge in [0.1, 0.15) is 16.7 Å². The summed E-state index contributed by atoms with van der Waals surface area (Å²) in [5.74, 6) is -0.129. The van der Waals surface area contributed by atoms with E-state index in [1.54, 1.807) is 18.2 Å². The number of phenols is 1. The summed E-state index contributed by atoms with van der Waals surface area (Å²) in [5, 5.41) is 26.5. The minimum atomic E-state index is -0.462. The van der Waals surface area contributed by atoms with Gasteiger partial charge in [-0.25, -0.2) is 4.79 Å². The first-order valence-corrected chi connectivity index (χ1v) is 12.2. The van der Waals surface area contributed by atoms with Crippen molar-refractivity contribution in [2.75, 3.05) is 10.6 Å². The quantitative estimate of drug-likeness (QED) is 0.246. The Kier molecular flexibility index (Phi) is 6.71. The number of phenolic OH excluding ortho intramolecular Hbond substituents is 1. The lowest BCUT2D eigenvalue weighted by atomic mass is 9.72. The van der Waals surface area contributed by atoms with Crippen molar-refractivity contribution in [3.63, 3.8) is 0 Å². The minimum Gasteiger partial charge on any atom is -0.504 e. The van der Waals surface area contributed by atoms with Gasteiger partial charge in [0.15, 0.2) is 5.75 Å². The number of carbonyl (C=O) groups is 1. The Balaban J connectivity index is 1.77. The molecule has 4 aromatic rings. The second-order valence-corrected chi connectivity index (χ2v) is 11.5. The van der Waals surface area contributed by atoms with Crippen molar-refractivity contribution >= 4 is 40.0 Å². The number of aromatic hydroxyl groups is 1. The number of nitrogens with zero attached hydrogens (tertiary/aromatic N) is 3. The number of hydrogen-bond donors (Lipinski definition) is 3. The molecule has 4 rings (SSSR count). The van der Waals surface area contributed by atoms with Gasteiger partial charge in [0, 0.05) is 10.7 Å². The zero-order valence-corrected chi connectivity index (χ0v) is 22.2. The van der Waals surface area contributed by atoms with Crippen LogP contribution in [0.3, 0.4) is 0 Å². The van der Waals surface area contributed by atoms with E-state index in [1.807, 2.05) is 43.3 Å². The lowest BCUT2D eigenvalue weighted by molar-refractivity contribution is 0.262. The first-order chi connectivity index (χ1) is 16.8. The molecule has 0 aliphatic rings. The molecule has 0 fully saturated rings. The van der Waals surface area contributed by atoms with Crippen LogP contribution in [-0.2, 0) is 5.41 Å². The van der Waals surface area contributed by atoms with Crippen molar-refractivity contribution in [2.24, 2.45) is 5.41 Å². The van der Waals surface area contributed by atoms with Gasteiger partial charge in [0.2, 0.25) is 0 Å². The van der Waals surface area contributed by atoms with Crippen molar-refractivity contribution < 1.29 is 9.90 Å². The van der Waals surface area contributed by atoms with E-state index < -0.39 is 6.03 Å². The molecule has 0 atom stereocenters. The third kappa shape index (κ3) is 5.79. The van der Waals surface area contributed by atoms with Crippen LogP contribution in [-0.4, -0.2) is 26.1 Å². The van der Waals surface area contributed by atoms with Crippen LogP contribution >= 0.6 is 11.6 Å². The van der Waals surface area contributed by atoms with Crippen molar-refractivity contribution in [3.8, 4) is 11.4 Å². The fraction of sp³-hybridized carbons (Fsp3) is 0.321. The van der Waals surface area contributed by atoms with E-state index in [0.29, 0.717) is 27.4 Å². The highest BCUT2D eigenvalue weighted by atomic mass is 35.5. The number of benzene rings is 3. The summed E-state index contributed by atoms with van der Waals surface area (Å²) in [4.78, 5) is 14.2. The zero-order valence-electron chi connectivity index (χ0n) is 21.5. The second-order valence-electron chi connectivity index (χ2n) is 11.1. The molecule has 3 aromatic carbocycles. The molecule has 0 aliphatic heterocycles. The lowest BCUT2D eigenvalue weighted by Crippen LogP contribution is -2.26. The maximum Gasteiger partial charge on any atom is 0.323 e. The summed E-state index contributed by atoms with van der Waals surface area (Å²) in [6, 6.07) is 16.0. The smallest absolute Gasteiger partial charge is 0.323 e. The Morgan fingerprint density at radius 1 is 0.944 bits per heavy atom. The van der Waals surface area contributed by atoms with E-state index in [2.05, 4.69) is 55.4 Å². The van der Waals surface area contributed by atoms with Crippen molar-refractivity contribution in [1.82, 2.24) is 15.0 Å². The van der Waals surface area contributed by atoms with Crippen molar-refractivity contribution in [3.05, 3.63) is 70.7 Å². The summed E-state index contributed by atoms with van der Waals surface area (Å²) in [6.45, 7) is 12.9. The Hall–Kier alpha value is -3.58. The fourth-order valence-corrected chi connectivity index (χ4v) is 4.77. The molecule has 36 heavy (non-hydrogen) atoms. The summed E-state index contributed by atoms with van der Waals surface area (Å²) < 4.78 is 0. The molecule has 8 heteroatoms. The highest BCUT2D eigenvalue weighted by Crippen LogP contribution is 2.41. The fourth-order valence-electron chi connectivity index (χ4n) is 4.60. The highest BCUT2D eigenvalue weighted by molar-refractivity contribution is 6.31. The van der Waals surface area contributed by atoms with Crippen LogP contribution in [0, 0.1) is 12.3 Å². The average Bonchev–Trinajstić information content (AvgIpc) is 3.18. The molecular weight excluding hydrogens is 474 g/mol. The van der Waals surface area contributed by atoms with E-state index >= 15 is 0 Å². The van der Waals surface area contributed by atoms with Gasteiger partial charge in [-0.2, -0.15) is 0 Å². The van der Waals surface area contributed by atoms with E-state index in [4.69, 9.17) is 11.6 Å². The number of fused-ring (bicyclic) bond motifs is 1. The molecule has 0 radical (unpaired) electrons. The predicted octanol–water partition coefficient (Wildman–Crippen LogP) is 7.45. The van der Waals surface area contributed by atoms with Crippen molar-refractivity contribution in [1.29, 1.82) is 0 Å². The van der Waals surface area contributed by atoms with Gasteiger partial charge in [0.25, 0.3) is 0 Å². The molecule has 3 N–H and O–H groups in total. The van der Waals surface area contributed by atoms with Gasteiger partial charge in [-0.15, -0.1) is 15.0 Å². The molecule has 0 aliphatic carbocycles. The first-order valence-electron chi connectivity index (χ1n) is 11.9. The molecule has 0 saturated heterocycles. The van der Waals surface area contributed by atoms with Crippen LogP contribution in [0.2, 0.25) is 5.02 Å². The number of aryl methyl sites for hydroxylation is 1. The number of hydrogen-bond acceptors (Lipinski definition) is 4. The van der Waals surface area contributed by atoms with E-state index in [9.17, 15) is 9.90 Å². The first kappa shape index (κ1) is 25.5. The SMILES string of the molecule is Cc1ccc(NC(=O)Nc2cc(C(C)(C)CC(C)(C)C)cc(-n3nc4ccc(Cl)cc4n3)c2O)cc1. The predicted molar refractivity (Wildman–Crippen MR) is 146 cm³/mol. The number of anilines is 2. The third-order valence-corrected chi connectivity index (χ3v) is 6.19. The number of rotatable bonds is 5. The Labute approximate surface area is 216 Å². The molecule has 2 amide bonds. The Morgan fingerprint density at radius 3 is 2.28 bits per heavy atom. The van der Waals surface area contributed by atoms with Gasteiger partial charge in [0.05, 0.1) is 5.69 Å². The van der Waals surface area contributed by atoms with Crippen molar-refractivity contribution in [2.45, 2.75) is 53.4 Å². The maximum absolute atomic E-state index is 12.8. The molecule has 1 aromatic heterocycles. The summed E-state index contributed by atoms with van der Waals surface area (Å²) in [7, 11) is 0. The van der Waals surface area contributed by atoms with Crippen LogP contribution < -0.4 is 10.6 Å². The lowest BCUT2D eigenvalue weighted by Gasteiger charge is -2.33. The molecule has 0 spiro atoms. The zero-order chi connectivity index (χ0) is 26.3. The molecule has 188 valence electrons. The summed E-state index contributed by atoms with van der Waals surface area (Å²) in [6.07, 6.45) is 0.878. The van der Waals surface area contributed by atoms with Crippen LogP contribution in [0.25, 0.3) is 16.7 Å². The van der Waals surface area contributed by atoms with Gasteiger partial charge < -0.3 is 15.7 Å². The average molecular weight is 506 g/mol. The normalized spacial score (nSPS) is 12.1. The van der Waals surface area contributed by atoms with Gasteiger partial charge in [-0.1, -0.05) is 63.9 Å². The second kappa shape index (κ2) is 9.47. The topological polar surface area (TPSA) is 92.1 Å². The van der Waals surface area contributed by atoms with Crippen LogP contribution in [0.4, 0.5) is 16.2 Å². The van der Waals surface area contributed by atoms with Gasteiger partial charge in [-0.3, -0.25) is 0 Å². The van der Waals surface area contributed by atoms with E-state index in [1.165, 1.54) is 4.80 Å². The monoisotopic (exact) mass is 505 g/mol. The number of aromatic nitrogens is 3. The van der Waals surface area contributed by atoms with Crippen LogP contribution in [0.15, 0.2) is 54.6 Å². The van der Waals surface area contributed by atoms with E-state index in [0.717, 1.165) is 17.5 Å². The van der Waals surface area contributed by atoms with E-state index in [-0.39, 0.29) is 22.3 Å². The number of amides is 2. The number of carbonyl (C=O) groups excluding carboxylic acids is 1. The number of urea groups is 1. The maximum atomic E-state index is 12.8.